The Hall–Kier alpha value is -0.510. The molecule has 0 radical (unpaired) electrons. The Morgan fingerprint density at radius 1 is 1.28 bits per heavy atom. The van der Waals surface area contributed by atoms with Crippen LogP contribution in [0.5, 0.6) is 0 Å². The maximum atomic E-state index is 3.62. The molecule has 3 heteroatoms. The van der Waals surface area contributed by atoms with E-state index in [0.29, 0.717) is 11.3 Å². The van der Waals surface area contributed by atoms with E-state index in [9.17, 15) is 0 Å². The largest absolute Gasteiger partial charge is 0.309 e. The summed E-state index contributed by atoms with van der Waals surface area (Å²) in [6.07, 6.45) is 0. The van der Waals surface area contributed by atoms with Crippen molar-refractivity contribution in [1.82, 2.24) is 5.32 Å². The first-order valence-electron chi connectivity index (χ1n) is 6.53. The standard InChI is InChI=1S/C15H21NS2/c1-4-16-14(10-18-11(2)3)13-7-5-6-12-8-9-17-15(12)13/h5-9,11,14,16H,4,10H2,1-3H3. The normalized spacial score (nSPS) is 13.3. The predicted octanol–water partition coefficient (Wildman–Crippen LogP) is 4.69. The summed E-state index contributed by atoms with van der Waals surface area (Å²) >= 11 is 3.88. The van der Waals surface area contributed by atoms with Gasteiger partial charge in [0.25, 0.3) is 0 Å². The third kappa shape index (κ3) is 3.28. The van der Waals surface area contributed by atoms with Crippen LogP contribution in [0.15, 0.2) is 29.6 Å². The first-order valence-corrected chi connectivity index (χ1v) is 8.46. The molecule has 0 spiro atoms. The van der Waals surface area contributed by atoms with Crippen LogP contribution in [0.3, 0.4) is 0 Å². The lowest BCUT2D eigenvalue weighted by molar-refractivity contribution is 0.610. The van der Waals surface area contributed by atoms with E-state index >= 15 is 0 Å². The number of thioether (sulfide) groups is 1. The van der Waals surface area contributed by atoms with Gasteiger partial charge in [0.1, 0.15) is 0 Å². The summed E-state index contributed by atoms with van der Waals surface area (Å²) < 4.78 is 1.44. The van der Waals surface area contributed by atoms with Crippen molar-refractivity contribution in [3.63, 3.8) is 0 Å². The lowest BCUT2D eigenvalue weighted by Gasteiger charge is -2.20. The van der Waals surface area contributed by atoms with E-state index in [4.69, 9.17) is 0 Å². The van der Waals surface area contributed by atoms with Crippen molar-refractivity contribution in [2.75, 3.05) is 12.3 Å². The second-order valence-electron chi connectivity index (χ2n) is 4.68. The van der Waals surface area contributed by atoms with E-state index in [2.05, 4.69) is 55.7 Å². The van der Waals surface area contributed by atoms with Crippen LogP contribution in [0.25, 0.3) is 10.1 Å². The molecular formula is C15H21NS2. The van der Waals surface area contributed by atoms with Crippen molar-refractivity contribution >= 4 is 33.2 Å². The average molecular weight is 279 g/mol. The number of hydrogen-bond donors (Lipinski definition) is 1. The molecule has 0 fully saturated rings. The fourth-order valence-electron chi connectivity index (χ4n) is 2.08. The highest BCUT2D eigenvalue weighted by Gasteiger charge is 2.14. The zero-order valence-electron chi connectivity index (χ0n) is 11.3. The van der Waals surface area contributed by atoms with Crippen LogP contribution in [-0.2, 0) is 0 Å². The van der Waals surface area contributed by atoms with E-state index < -0.39 is 0 Å². The SMILES string of the molecule is CCNC(CSC(C)C)c1cccc2ccsc12. The van der Waals surface area contributed by atoms with E-state index in [1.807, 2.05) is 23.1 Å². The minimum Gasteiger partial charge on any atom is -0.309 e. The molecular weight excluding hydrogens is 258 g/mol. The molecule has 18 heavy (non-hydrogen) atoms. The van der Waals surface area contributed by atoms with Crippen LogP contribution in [0.2, 0.25) is 0 Å². The molecule has 0 saturated carbocycles. The molecule has 0 aliphatic heterocycles. The van der Waals surface area contributed by atoms with Gasteiger partial charge in [0, 0.05) is 16.5 Å². The van der Waals surface area contributed by atoms with Crippen LogP contribution >= 0.6 is 23.1 Å². The van der Waals surface area contributed by atoms with Crippen molar-refractivity contribution in [1.29, 1.82) is 0 Å². The molecule has 1 unspecified atom stereocenters. The van der Waals surface area contributed by atoms with Gasteiger partial charge in [-0.3, -0.25) is 0 Å². The molecule has 0 bridgehead atoms. The molecule has 2 rings (SSSR count). The number of rotatable bonds is 6. The molecule has 1 atom stereocenters. The van der Waals surface area contributed by atoms with Crippen molar-refractivity contribution in [2.45, 2.75) is 32.1 Å². The average Bonchev–Trinajstić information content (AvgIpc) is 2.82. The molecule has 0 aliphatic rings. The Kier molecular flexibility index (Phi) is 5.10. The van der Waals surface area contributed by atoms with Gasteiger partial charge >= 0.3 is 0 Å². The zero-order valence-corrected chi connectivity index (χ0v) is 12.9. The quantitative estimate of drug-likeness (QED) is 0.823. The van der Waals surface area contributed by atoms with Gasteiger partial charge in [-0.05, 0) is 34.2 Å². The van der Waals surface area contributed by atoms with Gasteiger partial charge in [0.05, 0.1) is 0 Å². The Balaban J connectivity index is 2.26. The Bertz CT molecular complexity index is 490. The maximum absolute atomic E-state index is 3.62. The minimum absolute atomic E-state index is 0.463. The maximum Gasteiger partial charge on any atom is 0.0426 e. The summed E-state index contributed by atoms with van der Waals surface area (Å²) in [6, 6.07) is 9.32. The minimum atomic E-state index is 0.463. The molecule has 0 saturated heterocycles. The Labute approximate surface area is 118 Å². The summed E-state index contributed by atoms with van der Waals surface area (Å²) in [6.45, 7) is 7.73. The monoisotopic (exact) mass is 279 g/mol. The number of benzene rings is 1. The van der Waals surface area contributed by atoms with Gasteiger partial charge in [0.15, 0.2) is 0 Å². The van der Waals surface area contributed by atoms with Crippen molar-refractivity contribution in [3.05, 3.63) is 35.2 Å². The molecule has 1 aromatic carbocycles. The summed E-state index contributed by atoms with van der Waals surface area (Å²) in [4.78, 5) is 0. The smallest absolute Gasteiger partial charge is 0.0426 e. The van der Waals surface area contributed by atoms with Crippen LogP contribution in [0.1, 0.15) is 32.4 Å². The summed E-state index contributed by atoms with van der Waals surface area (Å²) in [5, 5.41) is 7.87. The predicted molar refractivity (Wildman–Crippen MR) is 85.8 cm³/mol. The van der Waals surface area contributed by atoms with Gasteiger partial charge in [-0.2, -0.15) is 11.8 Å². The van der Waals surface area contributed by atoms with E-state index in [-0.39, 0.29) is 0 Å². The first kappa shape index (κ1) is 13.9. The van der Waals surface area contributed by atoms with E-state index in [1.165, 1.54) is 15.6 Å². The molecule has 0 amide bonds. The fraction of sp³-hybridized carbons (Fsp3) is 0.467. The van der Waals surface area contributed by atoms with Crippen LogP contribution < -0.4 is 5.32 Å². The van der Waals surface area contributed by atoms with E-state index in [1.54, 1.807) is 0 Å². The number of thiophene rings is 1. The van der Waals surface area contributed by atoms with E-state index in [0.717, 1.165) is 12.3 Å². The van der Waals surface area contributed by atoms with Crippen molar-refractivity contribution in [2.24, 2.45) is 0 Å². The summed E-state index contributed by atoms with van der Waals surface area (Å²) in [7, 11) is 0. The van der Waals surface area contributed by atoms with Crippen molar-refractivity contribution < 1.29 is 0 Å². The van der Waals surface area contributed by atoms with Crippen molar-refractivity contribution in [3.8, 4) is 0 Å². The second kappa shape index (κ2) is 6.60. The van der Waals surface area contributed by atoms with Gasteiger partial charge in [-0.15, -0.1) is 11.3 Å². The van der Waals surface area contributed by atoms with Gasteiger partial charge in [-0.1, -0.05) is 39.0 Å². The van der Waals surface area contributed by atoms with Crippen LogP contribution in [0.4, 0.5) is 0 Å². The van der Waals surface area contributed by atoms with Crippen LogP contribution in [-0.4, -0.2) is 17.5 Å². The van der Waals surface area contributed by atoms with Crippen LogP contribution in [0, 0.1) is 0 Å². The second-order valence-corrected chi connectivity index (χ2v) is 7.20. The zero-order chi connectivity index (χ0) is 13.0. The Morgan fingerprint density at radius 2 is 2.11 bits per heavy atom. The van der Waals surface area contributed by atoms with Gasteiger partial charge < -0.3 is 5.32 Å². The summed E-state index contributed by atoms with van der Waals surface area (Å²) in [5.41, 5.74) is 1.46. The molecule has 1 N–H and O–H groups in total. The third-order valence-electron chi connectivity index (χ3n) is 2.93. The third-order valence-corrected chi connectivity index (χ3v) is 5.10. The number of nitrogens with one attached hydrogen (secondary N) is 1. The Morgan fingerprint density at radius 3 is 2.83 bits per heavy atom. The first-order chi connectivity index (χ1) is 8.72. The molecule has 1 aromatic heterocycles. The van der Waals surface area contributed by atoms with Gasteiger partial charge in [0.2, 0.25) is 0 Å². The lowest BCUT2D eigenvalue weighted by Crippen LogP contribution is -2.23. The molecule has 2 aromatic rings. The lowest BCUT2D eigenvalue weighted by atomic mass is 10.1. The van der Waals surface area contributed by atoms with Gasteiger partial charge in [-0.25, -0.2) is 0 Å². The highest BCUT2D eigenvalue weighted by molar-refractivity contribution is 7.99. The fourth-order valence-corrected chi connectivity index (χ4v) is 3.93. The molecule has 98 valence electrons. The highest BCUT2D eigenvalue weighted by Crippen LogP contribution is 2.31. The number of hydrogen-bond acceptors (Lipinski definition) is 3. The highest BCUT2D eigenvalue weighted by atomic mass is 32.2. The topological polar surface area (TPSA) is 12.0 Å². The summed E-state index contributed by atoms with van der Waals surface area (Å²) in [5.74, 6) is 1.14. The molecule has 1 nitrogen and oxygen atoms in total. The molecule has 1 heterocycles. The molecule has 0 aliphatic carbocycles. The number of fused-ring (bicyclic) bond motifs is 1.